The molecule has 136 valence electrons. The van der Waals surface area contributed by atoms with E-state index in [-0.39, 0.29) is 4.90 Å². The number of nitrogens with one attached hydrogen (secondary N) is 3. The third-order valence-corrected chi connectivity index (χ3v) is 4.84. The minimum absolute atomic E-state index is 0.0730. The van der Waals surface area contributed by atoms with E-state index in [1.807, 2.05) is 36.4 Å². The lowest BCUT2D eigenvalue weighted by molar-refractivity contribution is 0.598. The Morgan fingerprint density at radius 1 is 0.808 bits per heavy atom. The van der Waals surface area contributed by atoms with Gasteiger partial charge in [-0.15, -0.1) is 0 Å². The van der Waals surface area contributed by atoms with Crippen molar-refractivity contribution in [2.75, 3.05) is 29.3 Å². The lowest BCUT2D eigenvalue weighted by Crippen LogP contribution is -2.14. The van der Waals surface area contributed by atoms with Crippen LogP contribution in [0.25, 0.3) is 10.8 Å². The number of hydrogen-bond acceptors (Lipinski definition) is 6. The van der Waals surface area contributed by atoms with E-state index in [4.69, 9.17) is 10.9 Å². The summed E-state index contributed by atoms with van der Waals surface area (Å²) in [7, 11) is -3.69. The maximum Gasteiger partial charge on any atom is 0.238 e. The molecule has 7 nitrogen and oxygen atoms in total. The Labute approximate surface area is 152 Å². The molecule has 3 rings (SSSR count). The highest BCUT2D eigenvalue weighted by Crippen LogP contribution is 2.30. The van der Waals surface area contributed by atoms with Gasteiger partial charge < -0.3 is 21.9 Å². The Balaban J connectivity index is 1.81. The summed E-state index contributed by atoms with van der Waals surface area (Å²) in [5.74, 6) is 0. The lowest BCUT2D eigenvalue weighted by atomic mass is 10.1. The van der Waals surface area contributed by atoms with E-state index in [9.17, 15) is 8.42 Å². The third kappa shape index (κ3) is 4.05. The van der Waals surface area contributed by atoms with Gasteiger partial charge in [-0.3, -0.25) is 0 Å². The summed E-state index contributed by atoms with van der Waals surface area (Å²) >= 11 is 0. The van der Waals surface area contributed by atoms with E-state index in [1.54, 1.807) is 12.1 Å². The van der Waals surface area contributed by atoms with Gasteiger partial charge in [-0.1, -0.05) is 24.3 Å². The van der Waals surface area contributed by atoms with Gasteiger partial charge >= 0.3 is 0 Å². The zero-order chi connectivity index (χ0) is 18.6. The second-order valence-electron chi connectivity index (χ2n) is 5.74. The molecule has 0 aliphatic carbocycles. The molecule has 3 aromatic carbocycles. The second-order valence-corrected chi connectivity index (χ2v) is 7.30. The first kappa shape index (κ1) is 18.0. The van der Waals surface area contributed by atoms with Gasteiger partial charge in [0.15, 0.2) is 0 Å². The van der Waals surface area contributed by atoms with E-state index in [1.165, 1.54) is 12.1 Å². The largest absolute Gasteiger partial charge is 0.383 e. The minimum Gasteiger partial charge on any atom is -0.383 e. The molecule has 0 atom stereocenters. The number of sulfonamides is 1. The maximum absolute atomic E-state index is 11.3. The van der Waals surface area contributed by atoms with Crippen LogP contribution in [0.4, 0.5) is 17.1 Å². The van der Waals surface area contributed by atoms with Crippen molar-refractivity contribution in [3.63, 3.8) is 0 Å². The number of primary sulfonamides is 1. The highest BCUT2D eigenvalue weighted by Gasteiger charge is 2.08. The Kier molecular flexibility index (Phi) is 5.27. The number of hydrogen-bond donors (Lipinski definition) is 5. The van der Waals surface area contributed by atoms with E-state index in [2.05, 4.69) is 16.2 Å². The summed E-state index contributed by atoms with van der Waals surface area (Å²) in [6, 6.07) is 18.2. The quantitative estimate of drug-likeness (QED) is 0.406. The van der Waals surface area contributed by atoms with Crippen molar-refractivity contribution >= 4 is 37.9 Å². The Bertz CT molecular complexity index is 1000. The van der Waals surface area contributed by atoms with Crippen LogP contribution in [0.5, 0.6) is 0 Å². The van der Waals surface area contributed by atoms with Gasteiger partial charge in [-0.05, 0) is 36.4 Å². The van der Waals surface area contributed by atoms with Gasteiger partial charge in [0, 0.05) is 29.5 Å². The molecular weight excluding hydrogens is 350 g/mol. The smallest absolute Gasteiger partial charge is 0.238 e. The predicted octanol–water partition coefficient (Wildman–Crippen LogP) is 2.30. The molecule has 0 saturated carbocycles. The number of nitrogens with two attached hydrogens (primary N) is 2. The molecule has 0 amide bonds. The van der Waals surface area contributed by atoms with Gasteiger partial charge in [0.2, 0.25) is 10.0 Å². The molecule has 0 aliphatic heterocycles. The van der Waals surface area contributed by atoms with Crippen molar-refractivity contribution < 1.29 is 8.42 Å². The molecule has 0 unspecified atom stereocenters. The highest BCUT2D eigenvalue weighted by molar-refractivity contribution is 7.89. The van der Waals surface area contributed by atoms with Crippen molar-refractivity contribution in [1.29, 1.82) is 0 Å². The topological polar surface area (TPSA) is 122 Å². The number of hydrazine groups is 1. The number of anilines is 3. The molecule has 0 aliphatic rings. The van der Waals surface area contributed by atoms with Crippen LogP contribution < -0.4 is 27.0 Å². The Hall–Kier alpha value is -2.81. The highest BCUT2D eigenvalue weighted by atomic mass is 32.2. The zero-order valence-electron chi connectivity index (χ0n) is 14.1. The van der Waals surface area contributed by atoms with Gasteiger partial charge in [0.25, 0.3) is 0 Å². The van der Waals surface area contributed by atoms with Crippen molar-refractivity contribution in [1.82, 2.24) is 0 Å². The molecule has 0 spiro atoms. The van der Waals surface area contributed by atoms with Gasteiger partial charge in [0.1, 0.15) is 0 Å². The normalized spacial score (nSPS) is 11.3. The first-order valence-electron chi connectivity index (χ1n) is 8.09. The van der Waals surface area contributed by atoms with Crippen LogP contribution in [0.15, 0.2) is 65.6 Å². The zero-order valence-corrected chi connectivity index (χ0v) is 14.9. The van der Waals surface area contributed by atoms with Crippen LogP contribution in [0.1, 0.15) is 0 Å². The molecule has 7 N–H and O–H groups in total. The fraction of sp³-hybridized carbons (Fsp3) is 0.111. The van der Waals surface area contributed by atoms with Crippen LogP contribution in [0.2, 0.25) is 0 Å². The van der Waals surface area contributed by atoms with E-state index < -0.39 is 10.0 Å². The van der Waals surface area contributed by atoms with Crippen LogP contribution in [-0.2, 0) is 10.0 Å². The van der Waals surface area contributed by atoms with Crippen molar-refractivity contribution in [3.05, 3.63) is 60.7 Å². The molecule has 0 heterocycles. The average Bonchev–Trinajstić information content (AvgIpc) is 2.64. The van der Waals surface area contributed by atoms with E-state index in [0.29, 0.717) is 18.8 Å². The molecule has 0 bridgehead atoms. The van der Waals surface area contributed by atoms with Gasteiger partial charge in [-0.2, -0.15) is 0 Å². The summed E-state index contributed by atoms with van der Waals surface area (Å²) in [4.78, 5) is 0.0730. The molecule has 0 radical (unpaired) electrons. The number of rotatable bonds is 7. The van der Waals surface area contributed by atoms with Gasteiger partial charge in [-0.25, -0.2) is 13.6 Å². The first-order valence-corrected chi connectivity index (χ1v) is 9.64. The Morgan fingerprint density at radius 2 is 1.42 bits per heavy atom. The summed E-state index contributed by atoms with van der Waals surface area (Å²) in [5.41, 5.74) is 14.4. The van der Waals surface area contributed by atoms with Crippen LogP contribution in [0.3, 0.4) is 0 Å². The first-order chi connectivity index (χ1) is 12.5. The van der Waals surface area contributed by atoms with Crippen molar-refractivity contribution in [2.24, 2.45) is 10.9 Å². The molecule has 0 aromatic heterocycles. The SMILES string of the molecule is NCCNc1ccc(NNc2ccc(S(N)(=O)=O)cc2)c2ccccc12. The van der Waals surface area contributed by atoms with Crippen LogP contribution in [-0.4, -0.2) is 21.5 Å². The molecule has 3 aromatic rings. The third-order valence-electron chi connectivity index (χ3n) is 3.91. The number of benzene rings is 3. The van der Waals surface area contributed by atoms with E-state index >= 15 is 0 Å². The van der Waals surface area contributed by atoms with Gasteiger partial charge in [0.05, 0.1) is 16.3 Å². The minimum atomic E-state index is -3.69. The predicted molar refractivity (Wildman–Crippen MR) is 107 cm³/mol. The fourth-order valence-electron chi connectivity index (χ4n) is 2.64. The monoisotopic (exact) mass is 371 g/mol. The summed E-state index contributed by atoms with van der Waals surface area (Å²) < 4.78 is 22.6. The molecular formula is C18H21N5O2S. The Morgan fingerprint density at radius 3 is 2.04 bits per heavy atom. The molecule has 0 fully saturated rings. The maximum atomic E-state index is 11.3. The summed E-state index contributed by atoms with van der Waals surface area (Å²) in [6.07, 6.45) is 0. The second kappa shape index (κ2) is 7.61. The standard InChI is InChI=1S/C18H21N5O2S/c19-11-12-21-17-9-10-18(16-4-2-1-3-15(16)17)23-22-13-5-7-14(8-6-13)26(20,24)25/h1-10,21-23H,11-12,19H2,(H2,20,24,25). The summed E-state index contributed by atoms with van der Waals surface area (Å²) in [5, 5.41) is 10.5. The van der Waals surface area contributed by atoms with Crippen molar-refractivity contribution in [2.45, 2.75) is 4.90 Å². The molecule has 26 heavy (non-hydrogen) atoms. The van der Waals surface area contributed by atoms with E-state index in [0.717, 1.165) is 22.1 Å². The average molecular weight is 371 g/mol. The number of fused-ring (bicyclic) bond motifs is 1. The fourth-order valence-corrected chi connectivity index (χ4v) is 3.15. The molecule has 0 saturated heterocycles. The van der Waals surface area contributed by atoms with Crippen molar-refractivity contribution in [3.8, 4) is 0 Å². The van der Waals surface area contributed by atoms with Crippen LogP contribution >= 0.6 is 0 Å². The van der Waals surface area contributed by atoms with Crippen LogP contribution in [0, 0.1) is 0 Å². The summed E-state index contributed by atoms with van der Waals surface area (Å²) in [6.45, 7) is 1.26. The molecule has 8 heteroatoms. The lowest BCUT2D eigenvalue weighted by Gasteiger charge is -2.15.